The van der Waals surface area contributed by atoms with Crippen LogP contribution in [-0.4, -0.2) is 96.7 Å². The normalized spacial score (nSPS) is 13.8. The van der Waals surface area contributed by atoms with Crippen molar-refractivity contribution in [2.24, 2.45) is 0 Å². The molecule has 99 heavy (non-hydrogen) atoms. The summed E-state index contributed by atoms with van der Waals surface area (Å²) in [6.45, 7) is 4.98. The molecular formula is C80H156O17P2. The number of esters is 4. The summed E-state index contributed by atoms with van der Waals surface area (Å²) in [6.07, 6.45) is 66.7. The van der Waals surface area contributed by atoms with Crippen LogP contribution in [0.15, 0.2) is 0 Å². The van der Waals surface area contributed by atoms with Crippen LogP contribution in [0.4, 0.5) is 0 Å². The van der Waals surface area contributed by atoms with E-state index in [2.05, 4.69) is 27.7 Å². The lowest BCUT2D eigenvalue weighted by Gasteiger charge is -2.21. The first-order valence-corrected chi connectivity index (χ1v) is 44.8. The first-order valence-electron chi connectivity index (χ1n) is 41.8. The molecule has 0 fully saturated rings. The van der Waals surface area contributed by atoms with Gasteiger partial charge in [-0.25, -0.2) is 9.13 Å². The predicted octanol–water partition coefficient (Wildman–Crippen LogP) is 24.2. The minimum Gasteiger partial charge on any atom is -0.462 e. The molecule has 0 aromatic rings. The highest BCUT2D eigenvalue weighted by Gasteiger charge is 2.30. The molecule has 0 aliphatic rings. The van der Waals surface area contributed by atoms with Crippen LogP contribution in [0.3, 0.4) is 0 Å². The van der Waals surface area contributed by atoms with Gasteiger partial charge in [0.25, 0.3) is 0 Å². The summed E-state index contributed by atoms with van der Waals surface area (Å²) in [7, 11) is -9.91. The van der Waals surface area contributed by atoms with Gasteiger partial charge in [0.1, 0.15) is 19.3 Å². The number of aliphatic hydroxyl groups excluding tert-OH is 1. The van der Waals surface area contributed by atoms with Crippen LogP contribution >= 0.6 is 15.6 Å². The molecule has 17 nitrogen and oxygen atoms in total. The van der Waals surface area contributed by atoms with E-state index in [1.807, 2.05) is 0 Å². The van der Waals surface area contributed by atoms with Crippen molar-refractivity contribution in [3.05, 3.63) is 0 Å². The first-order chi connectivity index (χ1) is 48.2. The van der Waals surface area contributed by atoms with E-state index in [1.165, 1.54) is 250 Å². The Morgan fingerprint density at radius 2 is 0.404 bits per heavy atom. The molecule has 19 heteroatoms. The molecule has 0 radical (unpaired) electrons. The number of ether oxygens (including phenoxy) is 4. The van der Waals surface area contributed by atoms with E-state index >= 15 is 0 Å². The van der Waals surface area contributed by atoms with Gasteiger partial charge in [-0.3, -0.25) is 37.3 Å². The van der Waals surface area contributed by atoms with E-state index in [-0.39, 0.29) is 25.7 Å². The smallest absolute Gasteiger partial charge is 0.462 e. The SMILES string of the molecule is CCCCCCCCCCCCCCCCCCCCCC(=O)O[C@H](COC(=O)CCCCCCCCCCCCCCCCCCC)COP(=O)(O)OC[C@@H](O)COP(=O)(O)OC[C@@H](COC(=O)CCCCCCCCC)OC(=O)CCCCCCCCCCCCCCCCCC. The molecule has 588 valence electrons. The van der Waals surface area contributed by atoms with Crippen molar-refractivity contribution < 1.29 is 80.2 Å². The van der Waals surface area contributed by atoms with E-state index in [0.29, 0.717) is 25.7 Å². The molecule has 5 atom stereocenters. The fourth-order valence-electron chi connectivity index (χ4n) is 12.5. The maximum atomic E-state index is 13.1. The first kappa shape index (κ1) is 97.1. The highest BCUT2D eigenvalue weighted by atomic mass is 31.2. The van der Waals surface area contributed by atoms with Gasteiger partial charge in [0.15, 0.2) is 12.2 Å². The van der Waals surface area contributed by atoms with Crippen LogP contribution in [0.5, 0.6) is 0 Å². The maximum absolute atomic E-state index is 13.1. The van der Waals surface area contributed by atoms with Gasteiger partial charge in [-0.1, -0.05) is 381 Å². The maximum Gasteiger partial charge on any atom is 0.472 e. The molecule has 0 rings (SSSR count). The summed E-state index contributed by atoms with van der Waals surface area (Å²) in [6, 6.07) is 0. The van der Waals surface area contributed by atoms with Gasteiger partial charge in [-0.05, 0) is 25.7 Å². The number of phosphoric acid groups is 2. The number of carbonyl (C=O) groups is 4. The van der Waals surface area contributed by atoms with Gasteiger partial charge in [-0.2, -0.15) is 0 Å². The predicted molar refractivity (Wildman–Crippen MR) is 405 cm³/mol. The lowest BCUT2D eigenvalue weighted by molar-refractivity contribution is -0.161. The summed E-state index contributed by atoms with van der Waals surface area (Å²) in [4.78, 5) is 72.9. The second kappa shape index (κ2) is 74.3. The average molecular weight is 1450 g/mol. The van der Waals surface area contributed by atoms with E-state index in [9.17, 15) is 43.2 Å². The van der Waals surface area contributed by atoms with Crippen LogP contribution < -0.4 is 0 Å². The highest BCUT2D eigenvalue weighted by molar-refractivity contribution is 7.47. The van der Waals surface area contributed by atoms with Crippen molar-refractivity contribution in [1.82, 2.24) is 0 Å². The largest absolute Gasteiger partial charge is 0.472 e. The van der Waals surface area contributed by atoms with E-state index in [0.717, 1.165) is 103 Å². The number of carbonyl (C=O) groups excluding carboxylic acids is 4. The quantitative estimate of drug-likeness (QED) is 0.0222. The van der Waals surface area contributed by atoms with Gasteiger partial charge >= 0.3 is 39.5 Å². The summed E-state index contributed by atoms with van der Waals surface area (Å²) in [5.74, 6) is -2.11. The van der Waals surface area contributed by atoms with Crippen molar-refractivity contribution >= 4 is 39.5 Å². The van der Waals surface area contributed by atoms with E-state index in [4.69, 9.17) is 37.0 Å². The molecule has 0 aliphatic heterocycles. The average Bonchev–Trinajstić information content (AvgIpc) is 1.09. The zero-order chi connectivity index (χ0) is 72.5. The van der Waals surface area contributed by atoms with Gasteiger partial charge < -0.3 is 33.8 Å². The van der Waals surface area contributed by atoms with Gasteiger partial charge in [0.2, 0.25) is 0 Å². The Morgan fingerprint density at radius 3 is 0.596 bits per heavy atom. The third-order valence-corrected chi connectivity index (χ3v) is 20.8. The number of unbranched alkanes of at least 4 members (excludes halogenated alkanes) is 55. The minimum absolute atomic E-state index is 0.109. The Hall–Kier alpha value is -1.94. The van der Waals surface area contributed by atoms with Crippen molar-refractivity contribution in [3.63, 3.8) is 0 Å². The Kier molecular flexibility index (Phi) is 72.9. The molecule has 0 spiro atoms. The summed E-state index contributed by atoms with van der Waals surface area (Å²) in [5.41, 5.74) is 0. The van der Waals surface area contributed by atoms with Gasteiger partial charge in [0.05, 0.1) is 26.4 Å². The summed E-state index contributed by atoms with van der Waals surface area (Å²) >= 11 is 0. The number of rotatable bonds is 81. The Balaban J connectivity index is 5.17. The van der Waals surface area contributed by atoms with Crippen molar-refractivity contribution in [1.29, 1.82) is 0 Å². The molecule has 2 unspecified atom stereocenters. The van der Waals surface area contributed by atoms with Crippen LogP contribution in [-0.2, 0) is 65.4 Å². The molecule has 3 N–H and O–H groups in total. The van der Waals surface area contributed by atoms with Crippen LogP contribution in [0.2, 0.25) is 0 Å². The third-order valence-electron chi connectivity index (χ3n) is 18.9. The second-order valence-electron chi connectivity index (χ2n) is 28.8. The molecule has 0 heterocycles. The molecule has 0 saturated carbocycles. The Bertz CT molecular complexity index is 1880. The number of hydrogen-bond donors (Lipinski definition) is 3. The standard InChI is InChI=1S/C80H156O17P2/c1-5-9-13-17-21-24-27-30-33-36-37-39-42-45-48-51-55-59-63-67-80(85)97-76(71-91-78(83)65-61-57-53-49-46-43-41-38-34-31-28-25-22-18-14-10-6-2)73-95-99(88,89)93-69-74(81)68-92-98(86,87)94-72-75(70-90-77(82)64-60-56-52-20-16-12-8-4)96-79(84)66-62-58-54-50-47-44-40-35-32-29-26-23-19-15-11-7-3/h74-76,81H,5-73H2,1-4H3,(H,86,87)(H,88,89)/t74-,75+,76+/m0/s1. The van der Waals surface area contributed by atoms with Gasteiger partial charge in [0, 0.05) is 25.7 Å². The summed E-state index contributed by atoms with van der Waals surface area (Å²) in [5, 5.41) is 10.6. The second-order valence-corrected chi connectivity index (χ2v) is 31.7. The number of aliphatic hydroxyl groups is 1. The molecule has 0 aromatic heterocycles. The van der Waals surface area contributed by atoms with Crippen LogP contribution in [0, 0.1) is 0 Å². The van der Waals surface area contributed by atoms with Crippen molar-refractivity contribution in [2.75, 3.05) is 39.6 Å². The Morgan fingerprint density at radius 1 is 0.242 bits per heavy atom. The zero-order valence-corrected chi connectivity index (χ0v) is 66.3. The lowest BCUT2D eigenvalue weighted by Crippen LogP contribution is -2.30. The van der Waals surface area contributed by atoms with E-state index in [1.54, 1.807) is 0 Å². The van der Waals surface area contributed by atoms with Crippen molar-refractivity contribution in [2.45, 2.75) is 451 Å². The highest BCUT2D eigenvalue weighted by Crippen LogP contribution is 2.45. The fourth-order valence-corrected chi connectivity index (χ4v) is 14.0. The van der Waals surface area contributed by atoms with E-state index < -0.39 is 97.5 Å². The van der Waals surface area contributed by atoms with Gasteiger partial charge in [-0.15, -0.1) is 0 Å². The molecular weight excluding hydrogens is 1290 g/mol. The van der Waals surface area contributed by atoms with Crippen LogP contribution in [0.1, 0.15) is 432 Å². The third kappa shape index (κ3) is 74.1. The fraction of sp³-hybridized carbons (Fsp3) is 0.950. The van der Waals surface area contributed by atoms with Crippen LogP contribution in [0.25, 0.3) is 0 Å². The monoisotopic (exact) mass is 1450 g/mol. The summed E-state index contributed by atoms with van der Waals surface area (Å²) < 4.78 is 68.6. The minimum atomic E-state index is -4.96. The molecule has 0 bridgehead atoms. The molecule has 0 amide bonds. The Labute approximate surface area is 607 Å². The van der Waals surface area contributed by atoms with Crippen molar-refractivity contribution in [3.8, 4) is 0 Å². The number of phosphoric ester groups is 2. The molecule has 0 aromatic carbocycles. The number of hydrogen-bond acceptors (Lipinski definition) is 15. The molecule has 0 saturated heterocycles. The topological polar surface area (TPSA) is 237 Å². The lowest BCUT2D eigenvalue weighted by atomic mass is 10.0. The molecule has 0 aliphatic carbocycles. The zero-order valence-electron chi connectivity index (χ0n) is 64.5.